The van der Waals surface area contributed by atoms with Crippen LogP contribution in [0.15, 0.2) is 42.6 Å². The number of rotatable bonds is 4. The number of halogens is 1. The molecule has 0 aliphatic carbocycles. The van der Waals surface area contributed by atoms with E-state index in [1.165, 1.54) is 0 Å². The highest BCUT2D eigenvalue weighted by Crippen LogP contribution is 2.29. The molecule has 1 aliphatic rings. The molecule has 0 unspecified atom stereocenters. The Bertz CT molecular complexity index is 715. The van der Waals surface area contributed by atoms with Gasteiger partial charge in [0, 0.05) is 25.3 Å². The Labute approximate surface area is 146 Å². The summed E-state index contributed by atoms with van der Waals surface area (Å²) >= 11 is 5.98. The van der Waals surface area contributed by atoms with Gasteiger partial charge >= 0.3 is 0 Å². The van der Waals surface area contributed by atoms with E-state index in [2.05, 4.69) is 21.3 Å². The molecular formula is C18H20ClN3O2. The van der Waals surface area contributed by atoms with Crippen LogP contribution in [0.5, 0.6) is 5.75 Å². The number of aromatic nitrogens is 1. The lowest BCUT2D eigenvalue weighted by atomic mass is 10.0. The third-order valence-electron chi connectivity index (χ3n) is 4.26. The molecule has 0 atom stereocenters. The highest BCUT2D eigenvalue weighted by atomic mass is 35.5. The number of piperidine rings is 1. The van der Waals surface area contributed by atoms with Crippen molar-refractivity contribution in [3.8, 4) is 5.75 Å². The molecule has 1 saturated heterocycles. The minimum absolute atomic E-state index is 0.139. The largest absolute Gasteiger partial charge is 0.495 e. The molecular weight excluding hydrogens is 326 g/mol. The van der Waals surface area contributed by atoms with Crippen LogP contribution >= 0.6 is 11.6 Å². The second kappa shape index (κ2) is 7.53. The number of methoxy groups -OCH3 is 1. The number of nitrogens with one attached hydrogen (secondary N) is 1. The number of hydrogen-bond donors (Lipinski definition) is 1. The van der Waals surface area contributed by atoms with Gasteiger partial charge in [-0.05, 0) is 37.1 Å². The smallest absolute Gasteiger partial charge is 0.254 e. The van der Waals surface area contributed by atoms with Crippen LogP contribution < -0.4 is 15.0 Å². The van der Waals surface area contributed by atoms with Gasteiger partial charge in [0.25, 0.3) is 5.91 Å². The number of pyridine rings is 1. The van der Waals surface area contributed by atoms with Gasteiger partial charge in [0.2, 0.25) is 0 Å². The standard InChI is InChI=1S/C18H20ClN3O2/c1-24-16-7-3-2-6-15(16)22-11-8-13(9-12-22)21-18(23)14-5-4-10-20-17(14)19/h2-7,10,13H,8-9,11-12H2,1H3,(H,21,23). The van der Waals surface area contributed by atoms with Crippen molar-refractivity contribution >= 4 is 23.2 Å². The Kier molecular flexibility index (Phi) is 5.20. The first-order chi connectivity index (χ1) is 11.7. The number of carbonyl (C=O) groups excluding carboxylic acids is 1. The van der Waals surface area contributed by atoms with E-state index in [4.69, 9.17) is 16.3 Å². The van der Waals surface area contributed by atoms with E-state index in [9.17, 15) is 4.79 Å². The van der Waals surface area contributed by atoms with Crippen LogP contribution in [0.1, 0.15) is 23.2 Å². The molecule has 24 heavy (non-hydrogen) atoms. The van der Waals surface area contributed by atoms with Crippen molar-refractivity contribution in [1.29, 1.82) is 0 Å². The van der Waals surface area contributed by atoms with Crippen LogP contribution in [-0.4, -0.2) is 37.1 Å². The van der Waals surface area contributed by atoms with E-state index in [0.29, 0.717) is 5.56 Å². The van der Waals surface area contributed by atoms with Crippen LogP contribution in [0, 0.1) is 0 Å². The van der Waals surface area contributed by atoms with Gasteiger partial charge in [-0.25, -0.2) is 4.98 Å². The molecule has 1 fully saturated rings. The maximum Gasteiger partial charge on any atom is 0.254 e. The number of benzene rings is 1. The van der Waals surface area contributed by atoms with Crippen LogP contribution in [0.3, 0.4) is 0 Å². The van der Waals surface area contributed by atoms with E-state index in [1.54, 1.807) is 25.4 Å². The zero-order valence-corrected chi connectivity index (χ0v) is 14.3. The van der Waals surface area contributed by atoms with Crippen molar-refractivity contribution in [2.24, 2.45) is 0 Å². The van der Waals surface area contributed by atoms with E-state index in [1.807, 2.05) is 18.2 Å². The third-order valence-corrected chi connectivity index (χ3v) is 4.56. The van der Waals surface area contributed by atoms with E-state index in [-0.39, 0.29) is 17.1 Å². The van der Waals surface area contributed by atoms with Crippen LogP contribution in [0.25, 0.3) is 0 Å². The number of ether oxygens (including phenoxy) is 1. The molecule has 1 aromatic carbocycles. The Morgan fingerprint density at radius 1 is 1.25 bits per heavy atom. The van der Waals surface area contributed by atoms with Gasteiger partial charge < -0.3 is 15.0 Å². The van der Waals surface area contributed by atoms with Crippen molar-refractivity contribution < 1.29 is 9.53 Å². The predicted octanol–water partition coefficient (Wildman–Crippen LogP) is 3.14. The number of anilines is 1. The number of amides is 1. The summed E-state index contributed by atoms with van der Waals surface area (Å²) in [5.74, 6) is 0.714. The molecule has 0 radical (unpaired) electrons. The molecule has 2 aromatic rings. The summed E-state index contributed by atoms with van der Waals surface area (Å²) in [5, 5.41) is 3.29. The van der Waals surface area contributed by atoms with Gasteiger partial charge in [0.05, 0.1) is 18.4 Å². The molecule has 1 N–H and O–H groups in total. The summed E-state index contributed by atoms with van der Waals surface area (Å²) in [6.45, 7) is 1.73. The van der Waals surface area contributed by atoms with Crippen molar-refractivity contribution in [2.45, 2.75) is 18.9 Å². The molecule has 2 heterocycles. The molecule has 3 rings (SSSR count). The predicted molar refractivity (Wildman–Crippen MR) is 94.9 cm³/mol. The van der Waals surface area contributed by atoms with Crippen molar-refractivity contribution in [3.05, 3.63) is 53.3 Å². The van der Waals surface area contributed by atoms with E-state index < -0.39 is 0 Å². The van der Waals surface area contributed by atoms with Gasteiger partial charge in [-0.3, -0.25) is 4.79 Å². The summed E-state index contributed by atoms with van der Waals surface area (Å²) in [6.07, 6.45) is 3.33. The zero-order valence-electron chi connectivity index (χ0n) is 13.5. The molecule has 1 amide bonds. The fourth-order valence-corrected chi connectivity index (χ4v) is 3.18. The molecule has 6 heteroatoms. The second-order valence-electron chi connectivity index (χ2n) is 5.75. The fraction of sp³-hybridized carbons (Fsp3) is 0.333. The first-order valence-corrected chi connectivity index (χ1v) is 8.36. The van der Waals surface area contributed by atoms with Gasteiger partial charge in [-0.1, -0.05) is 23.7 Å². The topological polar surface area (TPSA) is 54.5 Å². The van der Waals surface area contributed by atoms with Gasteiger partial charge in [-0.2, -0.15) is 0 Å². The van der Waals surface area contributed by atoms with Gasteiger partial charge in [-0.15, -0.1) is 0 Å². The summed E-state index contributed by atoms with van der Waals surface area (Å²) < 4.78 is 5.43. The minimum atomic E-state index is -0.163. The minimum Gasteiger partial charge on any atom is -0.495 e. The quantitative estimate of drug-likeness (QED) is 0.865. The summed E-state index contributed by atoms with van der Waals surface area (Å²) in [7, 11) is 1.68. The first-order valence-electron chi connectivity index (χ1n) is 7.98. The lowest BCUT2D eigenvalue weighted by Gasteiger charge is -2.34. The summed E-state index contributed by atoms with van der Waals surface area (Å²) in [4.78, 5) is 18.6. The number of carbonyl (C=O) groups is 1. The molecule has 1 aromatic heterocycles. The molecule has 0 spiro atoms. The maximum absolute atomic E-state index is 12.3. The van der Waals surface area contributed by atoms with Gasteiger partial charge in [0.15, 0.2) is 0 Å². The SMILES string of the molecule is COc1ccccc1N1CCC(NC(=O)c2cccnc2Cl)CC1. The fourth-order valence-electron chi connectivity index (χ4n) is 2.97. The summed E-state index contributed by atoms with van der Waals surface area (Å²) in [5.41, 5.74) is 1.52. The Balaban J connectivity index is 1.59. The normalized spacial score (nSPS) is 15.2. The average molecular weight is 346 g/mol. The molecule has 5 nitrogen and oxygen atoms in total. The number of para-hydroxylation sites is 2. The lowest BCUT2D eigenvalue weighted by molar-refractivity contribution is 0.0931. The van der Waals surface area contributed by atoms with Crippen molar-refractivity contribution in [2.75, 3.05) is 25.1 Å². The highest BCUT2D eigenvalue weighted by Gasteiger charge is 2.23. The zero-order chi connectivity index (χ0) is 16.9. The molecule has 0 saturated carbocycles. The monoisotopic (exact) mass is 345 g/mol. The lowest BCUT2D eigenvalue weighted by Crippen LogP contribution is -2.44. The Morgan fingerprint density at radius 2 is 2.00 bits per heavy atom. The maximum atomic E-state index is 12.3. The van der Waals surface area contributed by atoms with Gasteiger partial charge in [0.1, 0.15) is 10.9 Å². The molecule has 126 valence electrons. The number of nitrogens with zero attached hydrogens (tertiary/aromatic N) is 2. The van der Waals surface area contributed by atoms with Crippen molar-refractivity contribution in [1.82, 2.24) is 10.3 Å². The van der Waals surface area contributed by atoms with E-state index >= 15 is 0 Å². The van der Waals surface area contributed by atoms with Crippen molar-refractivity contribution in [3.63, 3.8) is 0 Å². The van der Waals surface area contributed by atoms with E-state index in [0.717, 1.165) is 37.4 Å². The average Bonchev–Trinajstić information content (AvgIpc) is 2.62. The third kappa shape index (κ3) is 3.62. The first kappa shape index (κ1) is 16.6. The highest BCUT2D eigenvalue weighted by molar-refractivity contribution is 6.32. The summed E-state index contributed by atoms with van der Waals surface area (Å²) in [6, 6.07) is 11.5. The van der Waals surface area contributed by atoms with Crippen LogP contribution in [-0.2, 0) is 0 Å². The molecule has 0 bridgehead atoms. The Hall–Kier alpha value is -2.27. The molecule has 1 aliphatic heterocycles. The van der Waals surface area contributed by atoms with Crippen LogP contribution in [0.2, 0.25) is 5.15 Å². The van der Waals surface area contributed by atoms with Crippen LogP contribution in [0.4, 0.5) is 5.69 Å². The number of hydrogen-bond acceptors (Lipinski definition) is 4. The Morgan fingerprint density at radius 3 is 2.71 bits per heavy atom. The second-order valence-corrected chi connectivity index (χ2v) is 6.11.